The third-order valence-electron chi connectivity index (χ3n) is 5.10. The number of aliphatic imine (C=N–C) groups is 1. The predicted octanol–water partition coefficient (Wildman–Crippen LogP) is 5.30. The number of hydrogen-bond acceptors (Lipinski definition) is 8. The summed E-state index contributed by atoms with van der Waals surface area (Å²) in [5.74, 6) is 0.709. The van der Waals surface area contributed by atoms with E-state index in [0.29, 0.717) is 36.1 Å². The molecular formula is C26H33N3O5Si. The standard InChI is InChI=1S/C26H33N3O5Si/c1-5-32-26(30)14-20-17-33-24-15-21(7-8-22(20)24)34-25-9-6-19(16-28-25)23(10-11-27)29-18-31-12-13-35(2,3)4/h6-11,15-17H,5,12-14,18,27H2,1-4H3. The fourth-order valence-corrected chi connectivity index (χ4v) is 3.99. The zero-order valence-electron chi connectivity index (χ0n) is 20.7. The fraction of sp³-hybridized carbons (Fsp3) is 0.346. The minimum Gasteiger partial charge on any atom is -0.466 e. The van der Waals surface area contributed by atoms with E-state index in [1.165, 1.54) is 6.20 Å². The van der Waals surface area contributed by atoms with Crippen molar-refractivity contribution in [1.29, 1.82) is 0 Å². The first-order valence-corrected chi connectivity index (χ1v) is 15.3. The van der Waals surface area contributed by atoms with E-state index in [1.807, 2.05) is 18.2 Å². The molecule has 0 fully saturated rings. The Kier molecular flexibility index (Phi) is 9.22. The normalized spacial score (nSPS) is 12.4. The highest BCUT2D eigenvalue weighted by molar-refractivity contribution is 6.76. The van der Waals surface area contributed by atoms with Gasteiger partial charge in [0.15, 0.2) is 0 Å². The van der Waals surface area contributed by atoms with E-state index in [0.717, 1.165) is 22.6 Å². The van der Waals surface area contributed by atoms with E-state index < -0.39 is 8.07 Å². The molecule has 0 radical (unpaired) electrons. The van der Waals surface area contributed by atoms with Crippen LogP contribution in [-0.4, -0.2) is 44.7 Å². The number of nitrogens with zero attached hydrogens (tertiary/aromatic N) is 2. The minimum atomic E-state index is -1.13. The summed E-state index contributed by atoms with van der Waals surface area (Å²) in [6.45, 7) is 10.0. The molecule has 0 aliphatic rings. The molecule has 35 heavy (non-hydrogen) atoms. The zero-order valence-corrected chi connectivity index (χ0v) is 21.7. The van der Waals surface area contributed by atoms with Crippen LogP contribution in [0.15, 0.2) is 64.5 Å². The third-order valence-corrected chi connectivity index (χ3v) is 6.80. The number of carbonyl (C=O) groups is 1. The average molecular weight is 496 g/mol. The van der Waals surface area contributed by atoms with Gasteiger partial charge in [-0.2, -0.15) is 0 Å². The molecule has 0 bridgehead atoms. The topological polar surface area (TPSA) is 109 Å². The molecular weight excluding hydrogens is 462 g/mol. The molecule has 0 saturated carbocycles. The van der Waals surface area contributed by atoms with Crippen LogP contribution in [0, 0.1) is 0 Å². The quantitative estimate of drug-likeness (QED) is 0.157. The first kappa shape index (κ1) is 26.2. The number of esters is 1. The maximum absolute atomic E-state index is 11.8. The van der Waals surface area contributed by atoms with Crippen LogP contribution in [0.3, 0.4) is 0 Å². The van der Waals surface area contributed by atoms with Crippen LogP contribution in [0.25, 0.3) is 11.0 Å². The molecule has 0 aliphatic heterocycles. The van der Waals surface area contributed by atoms with E-state index in [4.69, 9.17) is 24.4 Å². The van der Waals surface area contributed by atoms with Crippen molar-refractivity contribution in [3.63, 3.8) is 0 Å². The van der Waals surface area contributed by atoms with Crippen LogP contribution in [0.5, 0.6) is 11.6 Å². The summed E-state index contributed by atoms with van der Waals surface area (Å²) in [5.41, 5.74) is 8.48. The molecule has 1 aromatic carbocycles. The first-order valence-electron chi connectivity index (χ1n) is 11.6. The molecule has 0 aliphatic carbocycles. The number of rotatable bonds is 12. The van der Waals surface area contributed by atoms with Crippen molar-refractivity contribution in [2.45, 2.75) is 39.0 Å². The largest absolute Gasteiger partial charge is 0.466 e. The second kappa shape index (κ2) is 12.3. The number of benzene rings is 1. The molecule has 3 rings (SSSR count). The molecule has 2 aromatic heterocycles. The number of pyridine rings is 1. The van der Waals surface area contributed by atoms with Crippen LogP contribution in [0.1, 0.15) is 18.1 Å². The van der Waals surface area contributed by atoms with E-state index in [1.54, 1.807) is 37.6 Å². The van der Waals surface area contributed by atoms with Gasteiger partial charge in [0.05, 0.1) is 25.0 Å². The molecule has 8 nitrogen and oxygen atoms in total. The van der Waals surface area contributed by atoms with Gasteiger partial charge < -0.3 is 24.4 Å². The van der Waals surface area contributed by atoms with Crippen molar-refractivity contribution >= 4 is 30.7 Å². The van der Waals surface area contributed by atoms with Gasteiger partial charge in [-0.05, 0) is 43.4 Å². The van der Waals surface area contributed by atoms with Crippen LogP contribution in [0.4, 0.5) is 0 Å². The molecule has 2 heterocycles. The summed E-state index contributed by atoms with van der Waals surface area (Å²) in [6, 6.07) is 10.2. The van der Waals surface area contributed by atoms with Gasteiger partial charge in [-0.25, -0.2) is 4.98 Å². The summed E-state index contributed by atoms with van der Waals surface area (Å²) >= 11 is 0. The van der Waals surface area contributed by atoms with E-state index in [-0.39, 0.29) is 19.1 Å². The van der Waals surface area contributed by atoms with Gasteiger partial charge in [0.1, 0.15) is 18.1 Å². The molecule has 0 amide bonds. The van der Waals surface area contributed by atoms with Crippen LogP contribution >= 0.6 is 0 Å². The molecule has 186 valence electrons. The number of aromatic nitrogens is 1. The number of fused-ring (bicyclic) bond motifs is 1. The van der Waals surface area contributed by atoms with Crippen LogP contribution in [-0.2, 0) is 20.7 Å². The van der Waals surface area contributed by atoms with Gasteiger partial charge in [0.25, 0.3) is 0 Å². The Morgan fingerprint density at radius 1 is 1.23 bits per heavy atom. The lowest BCUT2D eigenvalue weighted by molar-refractivity contribution is -0.142. The van der Waals surface area contributed by atoms with E-state index in [9.17, 15) is 4.79 Å². The molecule has 2 N–H and O–H groups in total. The summed E-state index contributed by atoms with van der Waals surface area (Å²) in [6.07, 6.45) is 6.57. The van der Waals surface area contributed by atoms with Gasteiger partial charge in [0, 0.05) is 49.5 Å². The Labute approximate surface area is 206 Å². The molecule has 0 saturated heterocycles. The Hall–Kier alpha value is -3.43. The number of carbonyl (C=O) groups excluding carboxylic acids is 1. The Morgan fingerprint density at radius 3 is 2.74 bits per heavy atom. The van der Waals surface area contributed by atoms with Crippen LogP contribution < -0.4 is 10.5 Å². The lowest BCUT2D eigenvalue weighted by Gasteiger charge is -2.14. The van der Waals surface area contributed by atoms with Crippen molar-refractivity contribution in [2.75, 3.05) is 19.9 Å². The van der Waals surface area contributed by atoms with Crippen molar-refractivity contribution < 1.29 is 23.4 Å². The minimum absolute atomic E-state index is 0.161. The maximum Gasteiger partial charge on any atom is 0.310 e. The molecule has 9 heteroatoms. The summed E-state index contributed by atoms with van der Waals surface area (Å²) in [5, 5.41) is 0.843. The van der Waals surface area contributed by atoms with E-state index in [2.05, 4.69) is 29.6 Å². The highest BCUT2D eigenvalue weighted by Crippen LogP contribution is 2.28. The lowest BCUT2D eigenvalue weighted by atomic mass is 10.1. The smallest absolute Gasteiger partial charge is 0.310 e. The van der Waals surface area contributed by atoms with Crippen molar-refractivity contribution in [3.8, 4) is 11.6 Å². The summed E-state index contributed by atoms with van der Waals surface area (Å²) in [4.78, 5) is 20.7. The van der Waals surface area contributed by atoms with Gasteiger partial charge >= 0.3 is 5.97 Å². The third kappa shape index (κ3) is 8.08. The van der Waals surface area contributed by atoms with Crippen molar-refractivity contribution in [3.05, 3.63) is 66.2 Å². The molecule has 0 unspecified atom stereocenters. The van der Waals surface area contributed by atoms with Crippen molar-refractivity contribution in [1.82, 2.24) is 4.98 Å². The summed E-state index contributed by atoms with van der Waals surface area (Å²) in [7, 11) is -1.13. The monoisotopic (exact) mass is 495 g/mol. The highest BCUT2D eigenvalue weighted by atomic mass is 28.3. The number of furan rings is 1. The number of hydrogen-bond donors (Lipinski definition) is 1. The van der Waals surface area contributed by atoms with E-state index >= 15 is 0 Å². The van der Waals surface area contributed by atoms with Gasteiger partial charge in [-0.3, -0.25) is 9.79 Å². The first-order chi connectivity index (χ1) is 16.8. The molecule has 0 spiro atoms. The second-order valence-electron chi connectivity index (χ2n) is 9.14. The Balaban J connectivity index is 1.64. The van der Waals surface area contributed by atoms with Gasteiger partial charge in [-0.1, -0.05) is 19.6 Å². The maximum atomic E-state index is 11.8. The van der Waals surface area contributed by atoms with Gasteiger partial charge in [-0.15, -0.1) is 0 Å². The van der Waals surface area contributed by atoms with Crippen LogP contribution in [0.2, 0.25) is 25.7 Å². The summed E-state index contributed by atoms with van der Waals surface area (Å²) < 4.78 is 22.2. The van der Waals surface area contributed by atoms with Crippen molar-refractivity contribution in [2.24, 2.45) is 10.7 Å². The number of nitrogens with two attached hydrogens (primary N) is 1. The number of allylic oxidation sites excluding steroid dienone is 1. The Morgan fingerprint density at radius 2 is 2.06 bits per heavy atom. The lowest BCUT2D eigenvalue weighted by Crippen LogP contribution is -2.21. The molecule has 0 atom stereocenters. The predicted molar refractivity (Wildman–Crippen MR) is 140 cm³/mol. The Bertz CT molecular complexity index is 1180. The fourth-order valence-electron chi connectivity index (χ4n) is 3.23. The zero-order chi connectivity index (χ0) is 25.3. The second-order valence-corrected chi connectivity index (χ2v) is 14.8. The highest BCUT2D eigenvalue weighted by Gasteiger charge is 2.13. The number of ether oxygens (including phenoxy) is 3. The SMILES string of the molecule is CCOC(=O)Cc1coc2cc(Oc3ccc(C(C=CN)=NCOCC[Si](C)(C)C)cn3)ccc12. The average Bonchev–Trinajstić information content (AvgIpc) is 3.20. The van der Waals surface area contributed by atoms with Gasteiger partial charge in [0.2, 0.25) is 5.88 Å². The molecule has 3 aromatic rings.